The van der Waals surface area contributed by atoms with E-state index in [9.17, 15) is 24.9 Å². The van der Waals surface area contributed by atoms with Crippen LogP contribution in [-0.2, 0) is 52.2 Å². The number of aliphatic hydroxyl groups excluding tert-OH is 2. The molecule has 0 radical (unpaired) electrons. The van der Waals surface area contributed by atoms with E-state index in [1.807, 2.05) is 26.0 Å². The second-order valence-corrected chi connectivity index (χ2v) is 21.3. The molecule has 8 fully saturated rings. The molecule has 10 bridgehead atoms. The number of aliphatic hydroxyl groups is 3. The maximum Gasteiger partial charge on any atom is 0.311 e. The number of ketones is 1. The maximum atomic E-state index is 14.1. The number of Topliss-reactive ketones (excluding diaryl/α,β-unsaturated/α-hetero) is 1. The van der Waals surface area contributed by atoms with Crippen molar-refractivity contribution in [2.24, 2.45) is 17.8 Å². The molecule has 61 heavy (non-hydrogen) atoms. The van der Waals surface area contributed by atoms with Gasteiger partial charge < -0.3 is 58.0 Å². The van der Waals surface area contributed by atoms with E-state index >= 15 is 0 Å². The number of rotatable bonds is 1. The monoisotopic (exact) mass is 858 g/mol. The van der Waals surface area contributed by atoms with E-state index in [2.05, 4.69) is 26.8 Å². The van der Waals surface area contributed by atoms with Gasteiger partial charge in [-0.1, -0.05) is 37.6 Å². The van der Waals surface area contributed by atoms with Gasteiger partial charge in [-0.25, -0.2) is 0 Å². The molecular formula is C47H70O14. The Balaban J connectivity index is 1.00. The summed E-state index contributed by atoms with van der Waals surface area (Å²) in [6, 6.07) is 0. The van der Waals surface area contributed by atoms with Crippen LogP contribution in [0.25, 0.3) is 0 Å². The topological polar surface area (TPSA) is 178 Å². The molecule has 0 aromatic carbocycles. The first-order chi connectivity index (χ1) is 28.7. The number of carbonyl (C=O) groups is 2. The lowest BCUT2D eigenvalue weighted by atomic mass is 9.87. The van der Waals surface area contributed by atoms with E-state index in [0.717, 1.165) is 37.7 Å². The Kier molecular flexibility index (Phi) is 11.6. The van der Waals surface area contributed by atoms with E-state index in [-0.39, 0.29) is 43.2 Å². The van der Waals surface area contributed by atoms with Crippen LogP contribution in [0.3, 0.4) is 0 Å². The highest BCUT2D eigenvalue weighted by Crippen LogP contribution is 2.55. The molecule has 0 aromatic rings. The highest BCUT2D eigenvalue weighted by atomic mass is 16.8. The summed E-state index contributed by atoms with van der Waals surface area (Å²) in [5.74, 6) is -5.28. The normalized spacial score (nSPS) is 55.7. The van der Waals surface area contributed by atoms with Gasteiger partial charge in [0, 0.05) is 38.5 Å². The van der Waals surface area contributed by atoms with Crippen molar-refractivity contribution in [2.75, 3.05) is 6.61 Å². The predicted octanol–water partition coefficient (Wildman–Crippen LogP) is 5.25. The van der Waals surface area contributed by atoms with Crippen LogP contribution in [0.4, 0.5) is 0 Å². The number of allylic oxidation sites excluding steroid dienone is 3. The Hall–Kier alpha value is -1.82. The van der Waals surface area contributed by atoms with Crippen LogP contribution < -0.4 is 0 Å². The predicted molar refractivity (Wildman–Crippen MR) is 218 cm³/mol. The summed E-state index contributed by atoms with van der Waals surface area (Å²) in [5.41, 5.74) is -1.17. The zero-order chi connectivity index (χ0) is 43.3. The standard InChI is InChI=1S/C47H70O14/c1-26-10-11-32-34(22-37(54-32)47(52)39(49)28(3)14-20-53-47)55-41(51)29(4)31-9-8-15-45(56-31)17-12-33(57-45)40(50)44(7)24-30(48)38(60-44)35-25-43(6)18-19-46(58-35,61-43)36-13-16-42(5,59-36)23-27(2)21-26/h10-11,21,27-29,31-40,49-50,52H,8-9,12-20,22-25H2,1-7H3/b11-10+,26-21-/t27-,28+,29+,31-,32+,33-,34+,35-,36-,37+,38-,39+,40-,42+,43-,44+,45-,46-,47+/m1/s1. The SMILES string of the molecule is CC1=C/[C@@H](C)C[C@]2(C)CC[C@@H](O2)[C@]23CC[C@](C)(C[C@@H](O2)[C@@H]2O[C@@](C)(CC2=O)[C@H](O)[C@H]2CC[C@@]4(CCC[C@@H](O4)[C@H](C)C(=O)O[C@H]4C[C@@H]([C@]5(O)OCC[C@H](C)[C@@H]5O)O[C@H]4\C=C\1)O2)O3. The summed E-state index contributed by atoms with van der Waals surface area (Å²) < 4.78 is 59.0. The maximum absolute atomic E-state index is 14.1. The number of hydrogen-bond donors (Lipinski definition) is 3. The summed E-state index contributed by atoms with van der Waals surface area (Å²) in [6.45, 7) is 14.1. The van der Waals surface area contributed by atoms with E-state index in [1.165, 1.54) is 0 Å². The fourth-order valence-electron chi connectivity index (χ4n) is 12.5. The zero-order valence-electron chi connectivity index (χ0n) is 37.2. The first kappa shape index (κ1) is 44.4. The second-order valence-electron chi connectivity index (χ2n) is 21.3. The van der Waals surface area contributed by atoms with Crippen molar-refractivity contribution >= 4 is 11.8 Å². The molecule has 342 valence electrons. The van der Waals surface area contributed by atoms with E-state index in [0.29, 0.717) is 44.9 Å². The summed E-state index contributed by atoms with van der Waals surface area (Å²) in [5, 5.41) is 34.8. The third-order valence-electron chi connectivity index (χ3n) is 15.9. The lowest BCUT2D eigenvalue weighted by Gasteiger charge is -2.47. The van der Waals surface area contributed by atoms with Crippen LogP contribution >= 0.6 is 0 Å². The smallest absolute Gasteiger partial charge is 0.311 e. The Bertz CT molecular complexity index is 1750. The highest BCUT2D eigenvalue weighted by molar-refractivity contribution is 5.86. The van der Waals surface area contributed by atoms with Gasteiger partial charge in [0.2, 0.25) is 5.79 Å². The third-order valence-corrected chi connectivity index (χ3v) is 15.9. The van der Waals surface area contributed by atoms with Gasteiger partial charge >= 0.3 is 5.97 Å². The van der Waals surface area contributed by atoms with Gasteiger partial charge in [-0.2, -0.15) is 0 Å². The van der Waals surface area contributed by atoms with Gasteiger partial charge in [0.15, 0.2) is 17.4 Å². The number of ether oxygens (including phenoxy) is 9. The Labute approximate surface area is 360 Å². The van der Waals surface area contributed by atoms with Crippen LogP contribution in [0.5, 0.6) is 0 Å². The molecule has 0 unspecified atom stereocenters. The molecule has 3 N–H and O–H groups in total. The third kappa shape index (κ3) is 8.14. The fourth-order valence-corrected chi connectivity index (χ4v) is 12.5. The van der Waals surface area contributed by atoms with Crippen LogP contribution in [-0.4, -0.2) is 129 Å². The van der Waals surface area contributed by atoms with Crippen molar-refractivity contribution < 1.29 is 67.5 Å². The average molecular weight is 859 g/mol. The van der Waals surface area contributed by atoms with Crippen molar-refractivity contribution in [3.63, 3.8) is 0 Å². The molecular weight excluding hydrogens is 789 g/mol. The largest absolute Gasteiger partial charge is 0.459 e. The Morgan fingerprint density at radius 1 is 0.754 bits per heavy atom. The van der Waals surface area contributed by atoms with Crippen molar-refractivity contribution in [3.8, 4) is 0 Å². The molecule has 0 saturated carbocycles. The Morgan fingerprint density at radius 3 is 2.34 bits per heavy atom. The molecule has 9 rings (SSSR count). The molecule has 14 nitrogen and oxygen atoms in total. The van der Waals surface area contributed by atoms with Gasteiger partial charge in [0.25, 0.3) is 0 Å². The van der Waals surface area contributed by atoms with Gasteiger partial charge in [-0.15, -0.1) is 0 Å². The van der Waals surface area contributed by atoms with E-state index in [1.54, 1.807) is 13.8 Å². The molecule has 0 aliphatic carbocycles. The molecule has 14 heteroatoms. The van der Waals surface area contributed by atoms with E-state index < -0.39 is 101 Å². The fraction of sp³-hybridized carbons (Fsp3) is 0.872. The molecule has 0 amide bonds. The minimum Gasteiger partial charge on any atom is -0.459 e. The summed E-state index contributed by atoms with van der Waals surface area (Å²) in [4.78, 5) is 28.0. The van der Waals surface area contributed by atoms with Gasteiger partial charge in [0.05, 0.1) is 42.0 Å². The molecule has 19 atom stereocenters. The van der Waals surface area contributed by atoms with E-state index in [4.69, 9.17) is 42.6 Å². The number of esters is 1. The summed E-state index contributed by atoms with van der Waals surface area (Å²) >= 11 is 0. The molecule has 8 saturated heterocycles. The highest BCUT2D eigenvalue weighted by Gasteiger charge is 2.65. The zero-order valence-corrected chi connectivity index (χ0v) is 37.2. The molecule has 2 spiro atoms. The van der Waals surface area contributed by atoms with Crippen molar-refractivity contribution in [1.82, 2.24) is 0 Å². The minimum atomic E-state index is -1.95. The lowest BCUT2D eigenvalue weighted by molar-refractivity contribution is -0.359. The Morgan fingerprint density at radius 2 is 1.54 bits per heavy atom. The number of hydrogen-bond acceptors (Lipinski definition) is 14. The van der Waals surface area contributed by atoms with Gasteiger partial charge in [-0.3, -0.25) is 9.59 Å². The van der Waals surface area contributed by atoms with Crippen molar-refractivity contribution in [2.45, 2.75) is 234 Å². The minimum absolute atomic E-state index is 0.0222. The van der Waals surface area contributed by atoms with Crippen molar-refractivity contribution in [1.29, 1.82) is 0 Å². The van der Waals surface area contributed by atoms with Crippen molar-refractivity contribution in [3.05, 3.63) is 23.8 Å². The molecule has 9 heterocycles. The van der Waals surface area contributed by atoms with Crippen LogP contribution in [0.2, 0.25) is 0 Å². The summed E-state index contributed by atoms with van der Waals surface area (Å²) in [7, 11) is 0. The van der Waals surface area contributed by atoms with Gasteiger partial charge in [-0.05, 0) is 97.8 Å². The number of fused-ring (bicyclic) bond motifs is 10. The summed E-state index contributed by atoms with van der Waals surface area (Å²) in [6.07, 6.45) is 6.36. The van der Waals surface area contributed by atoms with Gasteiger partial charge in [0.1, 0.15) is 48.3 Å². The lowest BCUT2D eigenvalue weighted by Crippen LogP contribution is -2.59. The first-order valence-electron chi connectivity index (χ1n) is 23.3. The molecule has 0 aromatic heterocycles. The number of carbonyl (C=O) groups excluding carboxylic acids is 2. The quantitative estimate of drug-likeness (QED) is 0.291. The first-order valence-corrected chi connectivity index (χ1v) is 23.3. The average Bonchev–Trinajstić information content (AvgIpc) is 4.02. The molecule has 9 aliphatic rings. The molecule has 9 aliphatic heterocycles. The van der Waals surface area contributed by atoms with Crippen LogP contribution in [0.15, 0.2) is 23.8 Å². The van der Waals surface area contributed by atoms with Crippen LogP contribution in [0.1, 0.15) is 138 Å². The second kappa shape index (κ2) is 16.0. The van der Waals surface area contributed by atoms with Crippen LogP contribution in [0, 0.1) is 17.8 Å².